The molecule has 0 heterocycles. The minimum atomic E-state index is -4.25. The molecule has 0 amide bonds. The second-order valence-corrected chi connectivity index (χ2v) is 4.74. The molecule has 0 aliphatic rings. The maximum atomic E-state index is 12.3. The third-order valence-electron chi connectivity index (χ3n) is 1.98. The summed E-state index contributed by atoms with van der Waals surface area (Å²) >= 11 is 1.45. The molecule has 0 aromatic heterocycles. The summed E-state index contributed by atoms with van der Waals surface area (Å²) in [4.78, 5) is 0.823. The zero-order valence-corrected chi connectivity index (χ0v) is 10.0. The van der Waals surface area contributed by atoms with Gasteiger partial charge in [-0.05, 0) is 49.7 Å². The van der Waals surface area contributed by atoms with Crippen LogP contribution in [0.25, 0.3) is 0 Å². The number of hydrogen-bond acceptors (Lipinski definition) is 2. The minimum Gasteiger partial charge on any atom is -0.249 e. The van der Waals surface area contributed by atoms with Crippen LogP contribution >= 0.6 is 11.9 Å². The second-order valence-electron chi connectivity index (χ2n) is 3.46. The molecule has 0 atom stereocenters. The summed E-state index contributed by atoms with van der Waals surface area (Å²) in [5, 5.41) is 0. The van der Waals surface area contributed by atoms with Gasteiger partial charge in [0.25, 0.3) is 0 Å². The lowest BCUT2D eigenvalue weighted by Crippen LogP contribution is -2.09. The van der Waals surface area contributed by atoms with Crippen LogP contribution in [0.4, 0.5) is 13.2 Å². The molecular weight excluding hydrogens is 235 g/mol. The first-order chi connectivity index (χ1) is 7.43. The highest BCUT2D eigenvalue weighted by Crippen LogP contribution is 2.31. The molecule has 0 aliphatic heterocycles. The lowest BCUT2D eigenvalue weighted by molar-refractivity contribution is -0.137. The summed E-state index contributed by atoms with van der Waals surface area (Å²) in [6.07, 6.45) is -3.23. The quantitative estimate of drug-likeness (QED) is 0.740. The van der Waals surface area contributed by atoms with Gasteiger partial charge in [0.05, 0.1) is 5.56 Å². The Balaban J connectivity index is 2.65. The maximum absolute atomic E-state index is 12.3. The zero-order valence-electron chi connectivity index (χ0n) is 9.21. The number of nitrogens with zero attached hydrogens (tertiary/aromatic N) is 1. The summed E-state index contributed by atoms with van der Waals surface area (Å²) in [6, 6.07) is 5.23. The average molecular weight is 249 g/mol. The van der Waals surface area contributed by atoms with E-state index in [2.05, 4.69) is 6.92 Å². The van der Waals surface area contributed by atoms with Gasteiger partial charge in [0, 0.05) is 11.4 Å². The van der Waals surface area contributed by atoms with Crippen molar-refractivity contribution in [2.24, 2.45) is 0 Å². The van der Waals surface area contributed by atoms with Gasteiger partial charge in [0.2, 0.25) is 0 Å². The molecule has 0 fully saturated rings. The Morgan fingerprint density at radius 3 is 2.19 bits per heavy atom. The van der Waals surface area contributed by atoms with Gasteiger partial charge in [0.15, 0.2) is 0 Å². The SMILES string of the molecule is CCCN(C)Sc1ccc(C(F)(F)F)cc1. The number of halogens is 3. The van der Waals surface area contributed by atoms with Crippen molar-refractivity contribution in [1.82, 2.24) is 4.31 Å². The fourth-order valence-corrected chi connectivity index (χ4v) is 2.14. The van der Waals surface area contributed by atoms with Crippen molar-refractivity contribution in [3.63, 3.8) is 0 Å². The molecule has 0 saturated carbocycles. The van der Waals surface area contributed by atoms with E-state index in [9.17, 15) is 13.2 Å². The monoisotopic (exact) mass is 249 g/mol. The van der Waals surface area contributed by atoms with Crippen molar-refractivity contribution in [2.45, 2.75) is 24.4 Å². The Morgan fingerprint density at radius 1 is 1.19 bits per heavy atom. The first-order valence-corrected chi connectivity index (χ1v) is 5.77. The van der Waals surface area contributed by atoms with Crippen molar-refractivity contribution >= 4 is 11.9 Å². The molecule has 0 unspecified atom stereocenters. The predicted octanol–water partition coefficient (Wildman–Crippen LogP) is 4.05. The standard InChI is InChI=1S/C11H14F3NS/c1-3-8-15(2)16-10-6-4-9(5-7-10)11(12,13)14/h4-7H,3,8H2,1-2H3. The Labute approximate surface area is 97.8 Å². The highest BCUT2D eigenvalue weighted by Gasteiger charge is 2.29. The zero-order chi connectivity index (χ0) is 12.2. The molecule has 5 heteroatoms. The molecule has 0 saturated heterocycles. The molecule has 1 rings (SSSR count). The summed E-state index contributed by atoms with van der Waals surface area (Å²) in [7, 11) is 1.92. The van der Waals surface area contributed by atoms with Crippen LogP contribution in [0.3, 0.4) is 0 Å². The van der Waals surface area contributed by atoms with E-state index < -0.39 is 11.7 Å². The Hall–Kier alpha value is -0.680. The van der Waals surface area contributed by atoms with Crippen LogP contribution in [-0.2, 0) is 6.18 Å². The average Bonchev–Trinajstić information content (AvgIpc) is 2.17. The summed E-state index contributed by atoms with van der Waals surface area (Å²) in [5.74, 6) is 0. The first-order valence-electron chi connectivity index (χ1n) is 5.00. The molecule has 0 spiro atoms. The number of alkyl halides is 3. The Bertz CT molecular complexity index is 321. The van der Waals surface area contributed by atoms with Crippen molar-refractivity contribution in [1.29, 1.82) is 0 Å². The molecule has 16 heavy (non-hydrogen) atoms. The molecular formula is C11H14F3NS. The molecule has 1 aromatic rings. The molecule has 1 aromatic carbocycles. The van der Waals surface area contributed by atoms with Gasteiger partial charge in [-0.2, -0.15) is 13.2 Å². The Kier molecular flexibility index (Phi) is 4.68. The van der Waals surface area contributed by atoms with E-state index in [0.29, 0.717) is 0 Å². The largest absolute Gasteiger partial charge is 0.416 e. The fourth-order valence-electron chi connectivity index (χ4n) is 1.25. The minimum absolute atomic E-state index is 0.602. The normalized spacial score (nSPS) is 12.1. The van der Waals surface area contributed by atoms with Gasteiger partial charge in [-0.15, -0.1) is 0 Å². The van der Waals surface area contributed by atoms with Crippen molar-refractivity contribution < 1.29 is 13.2 Å². The third kappa shape index (κ3) is 4.06. The van der Waals surface area contributed by atoms with E-state index >= 15 is 0 Å². The van der Waals surface area contributed by atoms with Crippen LogP contribution in [0.15, 0.2) is 29.2 Å². The van der Waals surface area contributed by atoms with E-state index in [-0.39, 0.29) is 0 Å². The van der Waals surface area contributed by atoms with Crippen molar-refractivity contribution in [2.75, 3.05) is 13.6 Å². The van der Waals surface area contributed by atoms with Gasteiger partial charge in [-0.1, -0.05) is 6.92 Å². The van der Waals surface area contributed by atoms with Gasteiger partial charge < -0.3 is 0 Å². The highest BCUT2D eigenvalue weighted by molar-refractivity contribution is 7.97. The van der Waals surface area contributed by atoms with Crippen LogP contribution in [0.2, 0.25) is 0 Å². The highest BCUT2D eigenvalue weighted by atomic mass is 32.2. The summed E-state index contributed by atoms with van der Waals surface area (Å²) < 4.78 is 38.9. The van der Waals surface area contributed by atoms with E-state index in [1.807, 2.05) is 11.4 Å². The van der Waals surface area contributed by atoms with E-state index in [1.54, 1.807) is 0 Å². The smallest absolute Gasteiger partial charge is 0.249 e. The topological polar surface area (TPSA) is 3.24 Å². The molecule has 0 radical (unpaired) electrons. The van der Waals surface area contributed by atoms with Crippen LogP contribution in [0.5, 0.6) is 0 Å². The Morgan fingerprint density at radius 2 is 1.75 bits per heavy atom. The first kappa shape index (κ1) is 13.4. The van der Waals surface area contributed by atoms with Crippen LogP contribution in [-0.4, -0.2) is 17.9 Å². The van der Waals surface area contributed by atoms with E-state index in [4.69, 9.17) is 0 Å². The molecule has 0 aliphatic carbocycles. The van der Waals surface area contributed by atoms with Gasteiger partial charge in [-0.25, -0.2) is 4.31 Å². The molecule has 90 valence electrons. The molecule has 1 nitrogen and oxygen atoms in total. The van der Waals surface area contributed by atoms with Crippen molar-refractivity contribution in [3.8, 4) is 0 Å². The van der Waals surface area contributed by atoms with Crippen LogP contribution < -0.4 is 0 Å². The third-order valence-corrected chi connectivity index (χ3v) is 2.96. The van der Waals surface area contributed by atoms with E-state index in [1.165, 1.54) is 24.1 Å². The number of rotatable bonds is 4. The lowest BCUT2D eigenvalue weighted by atomic mass is 10.2. The lowest BCUT2D eigenvalue weighted by Gasteiger charge is -2.14. The number of benzene rings is 1. The number of hydrogen-bond donors (Lipinski definition) is 0. The van der Waals surface area contributed by atoms with Crippen molar-refractivity contribution in [3.05, 3.63) is 29.8 Å². The molecule has 0 bridgehead atoms. The van der Waals surface area contributed by atoms with Crippen LogP contribution in [0.1, 0.15) is 18.9 Å². The van der Waals surface area contributed by atoms with Gasteiger partial charge in [-0.3, -0.25) is 0 Å². The maximum Gasteiger partial charge on any atom is 0.416 e. The van der Waals surface area contributed by atoms with Gasteiger partial charge in [0.1, 0.15) is 0 Å². The van der Waals surface area contributed by atoms with Crippen LogP contribution in [0, 0.1) is 0 Å². The second kappa shape index (κ2) is 5.59. The summed E-state index contributed by atoms with van der Waals surface area (Å²) in [5.41, 5.74) is -0.602. The van der Waals surface area contributed by atoms with E-state index in [0.717, 1.165) is 30.0 Å². The summed E-state index contributed by atoms with van der Waals surface area (Å²) in [6.45, 7) is 2.97. The fraction of sp³-hybridized carbons (Fsp3) is 0.455. The van der Waals surface area contributed by atoms with Gasteiger partial charge >= 0.3 is 6.18 Å². The molecule has 0 N–H and O–H groups in total. The predicted molar refractivity (Wildman–Crippen MR) is 60.2 cm³/mol.